The van der Waals surface area contributed by atoms with Gasteiger partial charge in [0.25, 0.3) is 0 Å². The van der Waals surface area contributed by atoms with Crippen LogP contribution in [0.15, 0.2) is 0 Å². The van der Waals surface area contributed by atoms with E-state index in [2.05, 4.69) is 32.6 Å². The van der Waals surface area contributed by atoms with E-state index in [9.17, 15) is 5.11 Å². The molecule has 1 N–H and O–H groups in total. The fourth-order valence-electron chi connectivity index (χ4n) is 2.35. The Morgan fingerprint density at radius 2 is 1.67 bits per heavy atom. The van der Waals surface area contributed by atoms with E-state index in [4.69, 9.17) is 4.74 Å². The molecule has 3 heteroatoms. The van der Waals surface area contributed by atoms with Crippen LogP contribution >= 0.6 is 0 Å². The zero-order valence-corrected chi connectivity index (χ0v) is 12.6. The fraction of sp³-hybridized carbons (Fsp3) is 1.00. The van der Waals surface area contributed by atoms with Gasteiger partial charge >= 0.3 is 0 Å². The van der Waals surface area contributed by atoms with Crippen molar-refractivity contribution in [2.75, 3.05) is 26.3 Å². The summed E-state index contributed by atoms with van der Waals surface area (Å²) >= 11 is 0. The number of hydrogen-bond donors (Lipinski definition) is 1. The Hall–Kier alpha value is -0.120. The highest BCUT2D eigenvalue weighted by Crippen LogP contribution is 2.17. The van der Waals surface area contributed by atoms with Crippen LogP contribution < -0.4 is 0 Å². The summed E-state index contributed by atoms with van der Waals surface area (Å²) in [4.78, 5) is 2.45. The Kier molecular flexibility index (Phi) is 7.20. The van der Waals surface area contributed by atoms with E-state index in [0.29, 0.717) is 25.0 Å². The van der Waals surface area contributed by atoms with Crippen LogP contribution in [0.5, 0.6) is 0 Å². The third-order valence-corrected chi connectivity index (χ3v) is 3.75. The molecule has 3 nitrogen and oxygen atoms in total. The molecule has 0 saturated carbocycles. The van der Waals surface area contributed by atoms with E-state index < -0.39 is 0 Å². The lowest BCUT2D eigenvalue weighted by molar-refractivity contribution is -0.0631. The lowest BCUT2D eigenvalue weighted by Crippen LogP contribution is -2.50. The molecule has 0 bridgehead atoms. The molecular formula is C15H31NO2. The topological polar surface area (TPSA) is 32.7 Å². The average molecular weight is 257 g/mol. The Bertz CT molecular complexity index is 207. The van der Waals surface area contributed by atoms with Crippen LogP contribution in [0, 0.1) is 11.8 Å². The first-order valence-corrected chi connectivity index (χ1v) is 7.50. The second kappa shape index (κ2) is 8.13. The predicted octanol–water partition coefficient (Wildman–Crippen LogP) is 2.53. The molecule has 2 unspecified atom stereocenters. The standard InChI is InChI=1S/C15H31NO2/c1-12(2)5-8-16(9-6-13(3)4)14-11-18-10-7-15(14)17/h12-15,17H,5-11H2,1-4H3. The van der Waals surface area contributed by atoms with Crippen molar-refractivity contribution in [3.05, 3.63) is 0 Å². The van der Waals surface area contributed by atoms with Gasteiger partial charge in [0.15, 0.2) is 0 Å². The lowest BCUT2D eigenvalue weighted by Gasteiger charge is -2.38. The van der Waals surface area contributed by atoms with Gasteiger partial charge in [-0.15, -0.1) is 0 Å². The van der Waals surface area contributed by atoms with Crippen molar-refractivity contribution < 1.29 is 9.84 Å². The highest BCUT2D eigenvalue weighted by molar-refractivity contribution is 4.82. The zero-order valence-electron chi connectivity index (χ0n) is 12.6. The molecule has 0 radical (unpaired) electrons. The van der Waals surface area contributed by atoms with E-state index in [1.807, 2.05) is 0 Å². The first-order chi connectivity index (χ1) is 8.50. The molecule has 18 heavy (non-hydrogen) atoms. The zero-order chi connectivity index (χ0) is 13.5. The van der Waals surface area contributed by atoms with E-state index in [1.165, 1.54) is 12.8 Å². The van der Waals surface area contributed by atoms with Crippen molar-refractivity contribution in [3.63, 3.8) is 0 Å². The van der Waals surface area contributed by atoms with Gasteiger partial charge in [-0.1, -0.05) is 27.7 Å². The number of aliphatic hydroxyl groups is 1. The predicted molar refractivity (Wildman–Crippen MR) is 75.7 cm³/mol. The minimum absolute atomic E-state index is 0.205. The second-order valence-electron chi connectivity index (χ2n) is 6.40. The van der Waals surface area contributed by atoms with Gasteiger partial charge in [-0.25, -0.2) is 0 Å². The molecule has 2 atom stereocenters. The molecule has 0 amide bonds. The first-order valence-electron chi connectivity index (χ1n) is 7.50. The molecule has 0 spiro atoms. The summed E-state index contributed by atoms with van der Waals surface area (Å²) in [5, 5.41) is 10.1. The number of nitrogens with zero attached hydrogens (tertiary/aromatic N) is 1. The third kappa shape index (κ3) is 5.68. The van der Waals surface area contributed by atoms with Crippen molar-refractivity contribution in [1.29, 1.82) is 0 Å². The summed E-state index contributed by atoms with van der Waals surface area (Å²) in [6.07, 6.45) is 2.96. The molecule has 108 valence electrons. The van der Waals surface area contributed by atoms with Crippen molar-refractivity contribution in [3.8, 4) is 0 Å². The largest absolute Gasteiger partial charge is 0.391 e. The quantitative estimate of drug-likeness (QED) is 0.761. The molecule has 1 fully saturated rings. The van der Waals surface area contributed by atoms with Crippen molar-refractivity contribution in [2.45, 2.75) is 59.1 Å². The van der Waals surface area contributed by atoms with Crippen LogP contribution in [-0.4, -0.2) is 48.5 Å². The van der Waals surface area contributed by atoms with Crippen LogP contribution in [0.3, 0.4) is 0 Å². The summed E-state index contributed by atoms with van der Waals surface area (Å²) in [6.45, 7) is 12.6. The Morgan fingerprint density at radius 3 is 2.11 bits per heavy atom. The summed E-state index contributed by atoms with van der Waals surface area (Å²) in [5.41, 5.74) is 0. The van der Waals surface area contributed by atoms with Crippen LogP contribution in [0.4, 0.5) is 0 Å². The number of hydrogen-bond acceptors (Lipinski definition) is 3. The van der Waals surface area contributed by atoms with Gasteiger partial charge in [0.1, 0.15) is 0 Å². The molecule has 0 aromatic carbocycles. The van der Waals surface area contributed by atoms with E-state index in [1.54, 1.807) is 0 Å². The van der Waals surface area contributed by atoms with Gasteiger partial charge in [-0.05, 0) is 44.2 Å². The number of aliphatic hydroxyl groups excluding tert-OH is 1. The molecular weight excluding hydrogens is 226 g/mol. The Balaban J connectivity index is 2.50. The van der Waals surface area contributed by atoms with Crippen LogP contribution in [0.25, 0.3) is 0 Å². The fourth-order valence-corrected chi connectivity index (χ4v) is 2.35. The average Bonchev–Trinajstić information content (AvgIpc) is 2.30. The SMILES string of the molecule is CC(C)CCN(CCC(C)C)C1COCCC1O. The first kappa shape index (κ1) is 15.9. The lowest BCUT2D eigenvalue weighted by atomic mass is 10.0. The summed E-state index contributed by atoms with van der Waals surface area (Å²) in [7, 11) is 0. The second-order valence-corrected chi connectivity index (χ2v) is 6.40. The summed E-state index contributed by atoms with van der Waals surface area (Å²) in [6, 6.07) is 0.205. The monoisotopic (exact) mass is 257 g/mol. The summed E-state index contributed by atoms with van der Waals surface area (Å²) < 4.78 is 5.55. The number of ether oxygens (including phenoxy) is 1. The number of rotatable bonds is 7. The molecule has 0 aromatic heterocycles. The van der Waals surface area contributed by atoms with Crippen LogP contribution in [0.2, 0.25) is 0 Å². The van der Waals surface area contributed by atoms with Crippen molar-refractivity contribution >= 4 is 0 Å². The molecule has 1 saturated heterocycles. The molecule has 1 heterocycles. The highest BCUT2D eigenvalue weighted by Gasteiger charge is 2.29. The molecule has 1 aliphatic rings. The van der Waals surface area contributed by atoms with Crippen molar-refractivity contribution in [1.82, 2.24) is 4.90 Å². The Morgan fingerprint density at radius 1 is 1.11 bits per heavy atom. The minimum Gasteiger partial charge on any atom is -0.391 e. The summed E-state index contributed by atoms with van der Waals surface area (Å²) in [5.74, 6) is 1.43. The van der Waals surface area contributed by atoms with E-state index >= 15 is 0 Å². The van der Waals surface area contributed by atoms with Crippen molar-refractivity contribution in [2.24, 2.45) is 11.8 Å². The van der Waals surface area contributed by atoms with Gasteiger partial charge in [-0.2, -0.15) is 0 Å². The van der Waals surface area contributed by atoms with Crippen LogP contribution in [-0.2, 0) is 4.74 Å². The van der Waals surface area contributed by atoms with Gasteiger partial charge in [0.05, 0.1) is 18.8 Å². The van der Waals surface area contributed by atoms with Gasteiger partial charge in [0.2, 0.25) is 0 Å². The van der Waals surface area contributed by atoms with Gasteiger partial charge < -0.3 is 9.84 Å². The molecule has 1 rings (SSSR count). The third-order valence-electron chi connectivity index (χ3n) is 3.75. The van der Waals surface area contributed by atoms with E-state index in [0.717, 1.165) is 19.5 Å². The maximum atomic E-state index is 10.1. The van der Waals surface area contributed by atoms with Gasteiger partial charge in [0, 0.05) is 6.61 Å². The maximum Gasteiger partial charge on any atom is 0.0739 e. The molecule has 0 aliphatic carbocycles. The Labute approximate surface area is 113 Å². The smallest absolute Gasteiger partial charge is 0.0739 e. The maximum absolute atomic E-state index is 10.1. The highest BCUT2D eigenvalue weighted by atomic mass is 16.5. The van der Waals surface area contributed by atoms with Gasteiger partial charge in [-0.3, -0.25) is 4.90 Å². The minimum atomic E-state index is -0.210. The normalized spacial score (nSPS) is 25.3. The molecule has 0 aromatic rings. The molecule has 1 aliphatic heterocycles. The van der Waals surface area contributed by atoms with E-state index in [-0.39, 0.29) is 12.1 Å². The van der Waals surface area contributed by atoms with Crippen LogP contribution in [0.1, 0.15) is 47.0 Å².